The van der Waals surface area contributed by atoms with Gasteiger partial charge < -0.3 is 11.1 Å². The monoisotopic (exact) mass is 255 g/mol. The van der Waals surface area contributed by atoms with E-state index in [1.807, 2.05) is 30.3 Å². The molecule has 4 nitrogen and oxygen atoms in total. The number of nitrogens with two attached hydrogens (primary N) is 1. The van der Waals surface area contributed by atoms with Crippen LogP contribution in [0.4, 0.5) is 11.5 Å². The summed E-state index contributed by atoms with van der Waals surface area (Å²) in [5.41, 5.74) is 7.88. The normalized spacial score (nSPS) is 10.2. The lowest BCUT2D eigenvalue weighted by Gasteiger charge is -2.07. The Balaban J connectivity index is 2.19. The second-order valence-electron chi connectivity index (χ2n) is 4.34. The Morgan fingerprint density at radius 2 is 2.00 bits per heavy atom. The lowest BCUT2D eigenvalue weighted by molar-refractivity contribution is 0.102. The molecule has 3 N–H and O–H groups in total. The summed E-state index contributed by atoms with van der Waals surface area (Å²) in [6.07, 6.45) is 1.78. The number of nitrogens with zero attached hydrogens (tertiary/aromatic N) is 1. The summed E-state index contributed by atoms with van der Waals surface area (Å²) < 4.78 is 0. The number of aryl methyl sites for hydroxylation is 1. The van der Waals surface area contributed by atoms with Crippen LogP contribution in [-0.2, 0) is 6.42 Å². The molecule has 0 unspecified atom stereocenters. The molecule has 1 aromatic heterocycles. The van der Waals surface area contributed by atoms with E-state index in [1.54, 1.807) is 12.1 Å². The molecule has 0 aliphatic heterocycles. The second-order valence-corrected chi connectivity index (χ2v) is 4.34. The highest BCUT2D eigenvalue weighted by Crippen LogP contribution is 2.13. The van der Waals surface area contributed by atoms with E-state index in [9.17, 15) is 4.79 Å². The minimum Gasteiger partial charge on any atom is -0.384 e. The highest BCUT2D eigenvalue weighted by atomic mass is 16.1. The Labute approximate surface area is 112 Å². The second kappa shape index (κ2) is 6.00. The van der Waals surface area contributed by atoms with Crippen molar-refractivity contribution >= 4 is 17.4 Å². The molecule has 98 valence electrons. The van der Waals surface area contributed by atoms with Gasteiger partial charge in [-0.2, -0.15) is 0 Å². The Bertz CT molecular complexity index is 567. The van der Waals surface area contributed by atoms with Crippen molar-refractivity contribution in [2.75, 3.05) is 11.1 Å². The molecule has 2 rings (SSSR count). The number of hydrogen-bond acceptors (Lipinski definition) is 3. The number of rotatable bonds is 4. The molecule has 0 aliphatic rings. The quantitative estimate of drug-likeness (QED) is 0.882. The zero-order valence-corrected chi connectivity index (χ0v) is 10.9. The first-order valence-corrected chi connectivity index (χ1v) is 6.32. The van der Waals surface area contributed by atoms with Crippen molar-refractivity contribution in [1.82, 2.24) is 4.98 Å². The maximum absolute atomic E-state index is 12.1. The molecule has 1 heterocycles. The van der Waals surface area contributed by atoms with Gasteiger partial charge >= 0.3 is 0 Å². The lowest BCUT2D eigenvalue weighted by Crippen LogP contribution is -2.13. The van der Waals surface area contributed by atoms with E-state index >= 15 is 0 Å². The zero-order valence-electron chi connectivity index (χ0n) is 10.9. The number of hydrogen-bond donors (Lipinski definition) is 2. The summed E-state index contributed by atoms with van der Waals surface area (Å²) in [4.78, 5) is 16.3. The predicted octanol–water partition coefficient (Wildman–Crippen LogP) is 2.87. The van der Waals surface area contributed by atoms with Crippen LogP contribution in [0.15, 0.2) is 42.5 Å². The first kappa shape index (κ1) is 13.1. The van der Waals surface area contributed by atoms with E-state index in [4.69, 9.17) is 5.73 Å². The molecule has 0 spiro atoms. The lowest BCUT2D eigenvalue weighted by atomic mass is 10.1. The third-order valence-electron chi connectivity index (χ3n) is 2.70. The van der Waals surface area contributed by atoms with Gasteiger partial charge in [-0.25, -0.2) is 4.98 Å². The van der Waals surface area contributed by atoms with Crippen LogP contribution in [0, 0.1) is 0 Å². The number of pyridine rings is 1. The van der Waals surface area contributed by atoms with Gasteiger partial charge in [0.05, 0.1) is 0 Å². The summed E-state index contributed by atoms with van der Waals surface area (Å²) in [5.74, 6) is 0.210. The average Bonchev–Trinajstić information content (AvgIpc) is 2.39. The van der Waals surface area contributed by atoms with Crippen LogP contribution in [-0.4, -0.2) is 10.9 Å². The number of carbonyl (C=O) groups excluding carboxylic acids is 1. The van der Waals surface area contributed by atoms with Gasteiger partial charge in [-0.05, 0) is 30.7 Å². The number of anilines is 2. The SMILES string of the molecule is CCCc1cc(C(=O)Nc2ccccc2)cc(N)n1. The molecule has 0 fully saturated rings. The van der Waals surface area contributed by atoms with Crippen LogP contribution >= 0.6 is 0 Å². The third kappa shape index (κ3) is 3.55. The minimum atomic E-state index is -0.169. The maximum Gasteiger partial charge on any atom is 0.255 e. The molecule has 1 aromatic carbocycles. The van der Waals surface area contributed by atoms with Crippen LogP contribution in [0.3, 0.4) is 0 Å². The standard InChI is InChI=1S/C15H17N3O/c1-2-6-13-9-11(10-14(16)17-13)15(19)18-12-7-4-3-5-8-12/h3-5,7-10H,2,6H2,1H3,(H2,16,17)(H,18,19). The fourth-order valence-corrected chi connectivity index (χ4v) is 1.85. The summed E-state index contributed by atoms with van der Waals surface area (Å²) in [7, 11) is 0. The number of nitrogens with one attached hydrogen (secondary N) is 1. The van der Waals surface area contributed by atoms with E-state index < -0.39 is 0 Å². The van der Waals surface area contributed by atoms with Gasteiger partial charge in [-0.1, -0.05) is 31.5 Å². The average molecular weight is 255 g/mol. The van der Waals surface area contributed by atoms with Gasteiger partial charge in [0, 0.05) is 16.9 Å². The van der Waals surface area contributed by atoms with E-state index in [1.165, 1.54) is 0 Å². The Morgan fingerprint density at radius 3 is 2.68 bits per heavy atom. The van der Waals surface area contributed by atoms with Gasteiger partial charge in [0.1, 0.15) is 5.82 Å². The number of amides is 1. The fraction of sp³-hybridized carbons (Fsp3) is 0.200. The first-order chi connectivity index (χ1) is 9.19. The number of carbonyl (C=O) groups is 1. The predicted molar refractivity (Wildman–Crippen MR) is 77.0 cm³/mol. The summed E-state index contributed by atoms with van der Waals surface area (Å²) in [6, 6.07) is 12.7. The van der Waals surface area contributed by atoms with Crippen molar-refractivity contribution in [2.45, 2.75) is 19.8 Å². The molecule has 0 saturated heterocycles. The Kier molecular flexibility index (Phi) is 4.13. The molecule has 0 aliphatic carbocycles. The third-order valence-corrected chi connectivity index (χ3v) is 2.70. The van der Waals surface area contributed by atoms with Crippen LogP contribution in [0.1, 0.15) is 29.4 Å². The van der Waals surface area contributed by atoms with Crippen molar-refractivity contribution in [3.8, 4) is 0 Å². The van der Waals surface area contributed by atoms with Gasteiger partial charge in [0.15, 0.2) is 0 Å². The van der Waals surface area contributed by atoms with Crippen molar-refractivity contribution in [2.24, 2.45) is 0 Å². The topological polar surface area (TPSA) is 68.0 Å². The molecule has 0 radical (unpaired) electrons. The summed E-state index contributed by atoms with van der Waals surface area (Å²) in [5, 5.41) is 2.83. The highest BCUT2D eigenvalue weighted by molar-refractivity contribution is 6.04. The Morgan fingerprint density at radius 1 is 1.26 bits per heavy atom. The minimum absolute atomic E-state index is 0.169. The molecule has 1 amide bonds. The molecule has 0 saturated carbocycles. The van der Waals surface area contributed by atoms with Crippen LogP contribution in [0.5, 0.6) is 0 Å². The van der Waals surface area contributed by atoms with Crippen LogP contribution < -0.4 is 11.1 Å². The first-order valence-electron chi connectivity index (χ1n) is 6.32. The van der Waals surface area contributed by atoms with E-state index in [0.717, 1.165) is 24.2 Å². The van der Waals surface area contributed by atoms with E-state index in [-0.39, 0.29) is 5.91 Å². The van der Waals surface area contributed by atoms with E-state index in [2.05, 4.69) is 17.2 Å². The maximum atomic E-state index is 12.1. The molecule has 19 heavy (non-hydrogen) atoms. The number of benzene rings is 1. The van der Waals surface area contributed by atoms with Crippen molar-refractivity contribution in [1.29, 1.82) is 0 Å². The molecule has 0 atom stereocenters. The number of aromatic nitrogens is 1. The molecular weight excluding hydrogens is 238 g/mol. The number of para-hydroxylation sites is 1. The molecule has 2 aromatic rings. The van der Waals surface area contributed by atoms with Gasteiger partial charge in [0.25, 0.3) is 5.91 Å². The van der Waals surface area contributed by atoms with Gasteiger partial charge in [0.2, 0.25) is 0 Å². The highest BCUT2D eigenvalue weighted by Gasteiger charge is 2.09. The Hall–Kier alpha value is -2.36. The molecular formula is C15H17N3O. The van der Waals surface area contributed by atoms with Crippen molar-refractivity contribution < 1.29 is 4.79 Å². The largest absolute Gasteiger partial charge is 0.384 e. The molecule has 0 bridgehead atoms. The van der Waals surface area contributed by atoms with Crippen LogP contribution in [0.2, 0.25) is 0 Å². The zero-order chi connectivity index (χ0) is 13.7. The van der Waals surface area contributed by atoms with Crippen molar-refractivity contribution in [3.05, 3.63) is 53.7 Å². The van der Waals surface area contributed by atoms with Gasteiger partial charge in [-0.3, -0.25) is 4.79 Å². The van der Waals surface area contributed by atoms with E-state index in [0.29, 0.717) is 11.4 Å². The summed E-state index contributed by atoms with van der Waals surface area (Å²) >= 11 is 0. The molecule has 4 heteroatoms. The smallest absolute Gasteiger partial charge is 0.255 e. The number of nitrogen functional groups attached to an aromatic ring is 1. The van der Waals surface area contributed by atoms with Crippen LogP contribution in [0.25, 0.3) is 0 Å². The summed E-state index contributed by atoms with van der Waals surface area (Å²) in [6.45, 7) is 2.06. The fourth-order valence-electron chi connectivity index (χ4n) is 1.85. The van der Waals surface area contributed by atoms with Gasteiger partial charge in [-0.15, -0.1) is 0 Å². The van der Waals surface area contributed by atoms with Crippen molar-refractivity contribution in [3.63, 3.8) is 0 Å².